The van der Waals surface area contributed by atoms with Gasteiger partial charge in [-0.1, -0.05) is 18.2 Å². The molecule has 0 aliphatic carbocycles. The van der Waals surface area contributed by atoms with E-state index in [2.05, 4.69) is 9.98 Å². The van der Waals surface area contributed by atoms with Gasteiger partial charge in [-0.2, -0.15) is 9.98 Å². The van der Waals surface area contributed by atoms with Gasteiger partial charge in [0.1, 0.15) is 0 Å². The molecular formula is C13H15N5O. The Labute approximate surface area is 110 Å². The van der Waals surface area contributed by atoms with Gasteiger partial charge in [-0.3, -0.25) is 4.57 Å². The molecule has 6 nitrogen and oxygen atoms in total. The fourth-order valence-electron chi connectivity index (χ4n) is 1.88. The minimum Gasteiger partial charge on any atom is -0.370 e. The lowest BCUT2D eigenvalue weighted by molar-refractivity contribution is 0.866. The largest absolute Gasteiger partial charge is 0.370 e. The van der Waals surface area contributed by atoms with Gasteiger partial charge in [-0.05, 0) is 25.5 Å². The van der Waals surface area contributed by atoms with Gasteiger partial charge < -0.3 is 11.5 Å². The first-order valence-corrected chi connectivity index (χ1v) is 5.75. The van der Waals surface area contributed by atoms with E-state index in [4.69, 9.17) is 11.5 Å². The molecule has 1 aromatic heterocycles. The highest BCUT2D eigenvalue weighted by atomic mass is 16.1. The molecule has 0 aliphatic rings. The zero-order valence-corrected chi connectivity index (χ0v) is 10.8. The number of hydrogen-bond donors (Lipinski definition) is 2. The number of aryl methyl sites for hydroxylation is 2. The number of nitrogens with two attached hydrogens (primary N) is 2. The number of aliphatic imine (C=N–C) groups is 1. The summed E-state index contributed by atoms with van der Waals surface area (Å²) in [5, 5.41) is 0. The van der Waals surface area contributed by atoms with Gasteiger partial charge in [0, 0.05) is 11.8 Å². The molecule has 19 heavy (non-hydrogen) atoms. The van der Waals surface area contributed by atoms with Gasteiger partial charge in [0.25, 0.3) is 0 Å². The van der Waals surface area contributed by atoms with Crippen LogP contribution in [-0.4, -0.2) is 15.5 Å². The lowest BCUT2D eigenvalue weighted by Gasteiger charge is -2.11. The third kappa shape index (κ3) is 2.62. The molecule has 0 amide bonds. The van der Waals surface area contributed by atoms with Gasteiger partial charge >= 0.3 is 5.69 Å². The summed E-state index contributed by atoms with van der Waals surface area (Å²) in [7, 11) is 0. The van der Waals surface area contributed by atoms with Crippen LogP contribution in [-0.2, 0) is 0 Å². The maximum Gasteiger partial charge on any atom is 0.354 e. The molecule has 2 aromatic rings. The van der Waals surface area contributed by atoms with Crippen molar-refractivity contribution in [2.75, 3.05) is 0 Å². The highest BCUT2D eigenvalue weighted by Gasteiger charge is 2.08. The molecule has 4 N–H and O–H groups in total. The van der Waals surface area contributed by atoms with Crippen LogP contribution >= 0.6 is 0 Å². The summed E-state index contributed by atoms with van der Waals surface area (Å²) in [6.07, 6.45) is 0. The maximum atomic E-state index is 12.1. The van der Waals surface area contributed by atoms with Crippen molar-refractivity contribution in [3.8, 4) is 5.69 Å². The summed E-state index contributed by atoms with van der Waals surface area (Å²) in [5.41, 5.74) is 12.7. The topological polar surface area (TPSA) is 99.3 Å². The van der Waals surface area contributed by atoms with E-state index in [-0.39, 0.29) is 11.8 Å². The minimum atomic E-state index is -0.408. The Balaban J connectivity index is 2.65. The lowest BCUT2D eigenvalue weighted by atomic mass is 10.2. The molecule has 1 aromatic carbocycles. The SMILES string of the molecule is Cc1ccccc1-n1c(C)cc(N=C(N)N)nc1=O. The van der Waals surface area contributed by atoms with Crippen molar-refractivity contribution in [1.82, 2.24) is 9.55 Å². The smallest absolute Gasteiger partial charge is 0.354 e. The second kappa shape index (κ2) is 4.93. The predicted octanol–water partition coefficient (Wildman–Crippen LogP) is 0.754. The predicted molar refractivity (Wildman–Crippen MR) is 74.8 cm³/mol. The van der Waals surface area contributed by atoms with E-state index < -0.39 is 5.69 Å². The first-order chi connectivity index (χ1) is 8.99. The molecule has 0 radical (unpaired) electrons. The quantitative estimate of drug-likeness (QED) is 0.612. The number of hydrogen-bond acceptors (Lipinski definition) is 3. The van der Waals surface area contributed by atoms with E-state index in [0.29, 0.717) is 5.69 Å². The monoisotopic (exact) mass is 257 g/mol. The minimum absolute atomic E-state index is 0.125. The molecule has 0 unspecified atom stereocenters. The van der Waals surface area contributed by atoms with Crippen molar-refractivity contribution in [3.63, 3.8) is 0 Å². The van der Waals surface area contributed by atoms with Crippen LogP contribution in [0.15, 0.2) is 40.1 Å². The van der Waals surface area contributed by atoms with Crippen molar-refractivity contribution < 1.29 is 0 Å². The van der Waals surface area contributed by atoms with E-state index >= 15 is 0 Å². The second-order valence-electron chi connectivity index (χ2n) is 4.20. The molecule has 1 heterocycles. The molecule has 0 fully saturated rings. The Kier molecular flexibility index (Phi) is 3.33. The molecule has 98 valence electrons. The maximum absolute atomic E-state index is 12.1. The Hall–Kier alpha value is -2.63. The fraction of sp³-hybridized carbons (Fsp3) is 0.154. The van der Waals surface area contributed by atoms with Gasteiger partial charge in [0.15, 0.2) is 11.8 Å². The first kappa shape index (κ1) is 12.8. The van der Waals surface area contributed by atoms with Crippen LogP contribution in [0.25, 0.3) is 5.69 Å². The highest BCUT2D eigenvalue weighted by molar-refractivity contribution is 5.78. The summed E-state index contributed by atoms with van der Waals surface area (Å²) in [4.78, 5) is 19.7. The second-order valence-corrected chi connectivity index (χ2v) is 4.20. The van der Waals surface area contributed by atoms with Crippen molar-refractivity contribution in [3.05, 3.63) is 52.1 Å². The summed E-state index contributed by atoms with van der Waals surface area (Å²) in [5.74, 6) is 0.0901. The number of rotatable bonds is 2. The van der Waals surface area contributed by atoms with E-state index in [1.165, 1.54) is 4.57 Å². The van der Waals surface area contributed by atoms with Gasteiger partial charge in [-0.15, -0.1) is 0 Å². The molecular weight excluding hydrogens is 242 g/mol. The van der Waals surface area contributed by atoms with E-state index in [0.717, 1.165) is 11.3 Å². The number of benzene rings is 1. The van der Waals surface area contributed by atoms with Crippen LogP contribution in [0.3, 0.4) is 0 Å². The third-order valence-electron chi connectivity index (χ3n) is 2.69. The Morgan fingerprint density at radius 1 is 1.26 bits per heavy atom. The van der Waals surface area contributed by atoms with Crippen LogP contribution < -0.4 is 17.2 Å². The number of para-hydroxylation sites is 1. The summed E-state index contributed by atoms with van der Waals surface area (Å²) < 4.78 is 1.53. The average Bonchev–Trinajstić information content (AvgIpc) is 2.29. The number of guanidine groups is 1. The lowest BCUT2D eigenvalue weighted by Crippen LogP contribution is -2.25. The third-order valence-corrected chi connectivity index (χ3v) is 2.69. The van der Waals surface area contributed by atoms with Crippen LogP contribution in [0.4, 0.5) is 5.82 Å². The molecule has 0 atom stereocenters. The number of nitrogens with zero attached hydrogens (tertiary/aromatic N) is 3. The van der Waals surface area contributed by atoms with Gasteiger partial charge in [0.2, 0.25) is 0 Å². The molecule has 0 aliphatic heterocycles. The molecule has 0 spiro atoms. The van der Waals surface area contributed by atoms with E-state index in [1.54, 1.807) is 13.0 Å². The van der Waals surface area contributed by atoms with Crippen LogP contribution in [0.1, 0.15) is 11.3 Å². The summed E-state index contributed by atoms with van der Waals surface area (Å²) >= 11 is 0. The zero-order chi connectivity index (χ0) is 14.0. The standard InChI is InChI=1S/C13H15N5O/c1-8-5-3-4-6-10(8)18-9(2)7-11(16-12(14)15)17-13(18)19/h3-7H,1-2H3,(H4,14,15,16,17,19). The molecule has 2 rings (SSSR count). The Morgan fingerprint density at radius 2 is 1.95 bits per heavy atom. The van der Waals surface area contributed by atoms with Crippen molar-refractivity contribution >= 4 is 11.8 Å². The van der Waals surface area contributed by atoms with Gasteiger partial charge in [-0.25, -0.2) is 4.79 Å². The van der Waals surface area contributed by atoms with Crippen LogP contribution in [0.5, 0.6) is 0 Å². The van der Waals surface area contributed by atoms with Crippen LogP contribution in [0.2, 0.25) is 0 Å². The van der Waals surface area contributed by atoms with Crippen LogP contribution in [0, 0.1) is 13.8 Å². The molecule has 0 bridgehead atoms. The van der Waals surface area contributed by atoms with Gasteiger partial charge in [0.05, 0.1) is 5.69 Å². The Bertz CT molecular complexity index is 698. The normalized spacial score (nSPS) is 10.2. The van der Waals surface area contributed by atoms with E-state index in [9.17, 15) is 4.79 Å². The zero-order valence-electron chi connectivity index (χ0n) is 10.8. The molecule has 0 saturated carbocycles. The molecule has 6 heteroatoms. The fourth-order valence-corrected chi connectivity index (χ4v) is 1.88. The van der Waals surface area contributed by atoms with Crippen molar-refractivity contribution in [2.24, 2.45) is 16.5 Å². The van der Waals surface area contributed by atoms with Crippen molar-refractivity contribution in [1.29, 1.82) is 0 Å². The highest BCUT2D eigenvalue weighted by Crippen LogP contribution is 2.15. The van der Waals surface area contributed by atoms with Crippen molar-refractivity contribution in [2.45, 2.75) is 13.8 Å². The first-order valence-electron chi connectivity index (χ1n) is 5.75. The number of aromatic nitrogens is 2. The molecule has 0 saturated heterocycles. The summed E-state index contributed by atoms with van der Waals surface area (Å²) in [6.45, 7) is 3.74. The van der Waals surface area contributed by atoms with E-state index in [1.807, 2.05) is 31.2 Å². The summed E-state index contributed by atoms with van der Waals surface area (Å²) in [6, 6.07) is 9.25. The Morgan fingerprint density at radius 3 is 2.53 bits per heavy atom. The average molecular weight is 257 g/mol.